The van der Waals surface area contributed by atoms with Gasteiger partial charge < -0.3 is 9.64 Å². The molecule has 3 unspecified atom stereocenters. The van der Waals surface area contributed by atoms with Crippen LogP contribution in [-0.2, 0) is 9.53 Å². The van der Waals surface area contributed by atoms with Gasteiger partial charge in [-0.3, -0.25) is 10.1 Å². The molecular weight excluding hydrogens is 248 g/mol. The molecule has 100 valence electrons. The molecule has 18 heavy (non-hydrogen) atoms. The first-order valence-electron chi connectivity index (χ1n) is 6.35. The molecule has 1 aromatic heterocycles. The van der Waals surface area contributed by atoms with Gasteiger partial charge in [0.1, 0.15) is 6.17 Å². The van der Waals surface area contributed by atoms with Crippen molar-refractivity contribution in [2.75, 3.05) is 13.2 Å². The van der Waals surface area contributed by atoms with Gasteiger partial charge in [-0.1, -0.05) is 6.07 Å². The summed E-state index contributed by atoms with van der Waals surface area (Å²) in [6.45, 7) is 7.20. The number of carbonyl (C=O) groups excluding carboxylic acids is 1. The fraction of sp³-hybridized carbons (Fsp3) is 0.615. The van der Waals surface area contributed by atoms with Gasteiger partial charge >= 0.3 is 0 Å². The third-order valence-corrected chi connectivity index (χ3v) is 4.02. The second-order valence-corrected chi connectivity index (χ2v) is 5.54. The molecule has 0 bridgehead atoms. The van der Waals surface area contributed by atoms with Crippen LogP contribution in [-0.4, -0.2) is 36.1 Å². The van der Waals surface area contributed by atoms with Crippen LogP contribution in [0.25, 0.3) is 0 Å². The van der Waals surface area contributed by atoms with Crippen molar-refractivity contribution in [3.8, 4) is 0 Å². The average Bonchev–Trinajstić information content (AvgIpc) is 2.93. The highest BCUT2D eigenvalue weighted by atomic mass is 32.1. The normalized spacial score (nSPS) is 25.7. The Morgan fingerprint density at radius 2 is 2.39 bits per heavy atom. The van der Waals surface area contributed by atoms with E-state index in [0.717, 1.165) is 0 Å². The molecular formula is C13H20N2O2S. The van der Waals surface area contributed by atoms with Gasteiger partial charge in [0.2, 0.25) is 5.91 Å². The Bertz CT molecular complexity index is 394. The minimum atomic E-state index is -0.120. The molecule has 0 radical (unpaired) electrons. The van der Waals surface area contributed by atoms with Crippen LogP contribution in [0.4, 0.5) is 0 Å². The van der Waals surface area contributed by atoms with Gasteiger partial charge in [-0.2, -0.15) is 0 Å². The summed E-state index contributed by atoms with van der Waals surface area (Å²) in [4.78, 5) is 15.2. The van der Waals surface area contributed by atoms with Gasteiger partial charge in [0.05, 0.1) is 12.1 Å². The first kappa shape index (κ1) is 13.5. The van der Waals surface area contributed by atoms with Crippen molar-refractivity contribution >= 4 is 17.2 Å². The number of rotatable bonds is 5. The number of ether oxygens (including phenoxy) is 1. The van der Waals surface area contributed by atoms with Crippen LogP contribution in [0, 0.1) is 0 Å². The number of carbonyl (C=O) groups is 1. The predicted octanol–water partition coefficient (Wildman–Crippen LogP) is 1.99. The van der Waals surface area contributed by atoms with E-state index in [1.54, 1.807) is 11.3 Å². The molecule has 0 aromatic carbocycles. The number of nitrogens with one attached hydrogen (secondary N) is 1. The molecule has 2 rings (SSSR count). The van der Waals surface area contributed by atoms with Crippen LogP contribution in [0.3, 0.4) is 0 Å². The molecule has 1 aliphatic rings. The molecule has 1 saturated heterocycles. The minimum absolute atomic E-state index is 0.00425. The lowest BCUT2D eigenvalue weighted by atomic mass is 10.3. The van der Waals surface area contributed by atoms with E-state index in [1.807, 2.05) is 37.1 Å². The van der Waals surface area contributed by atoms with Gasteiger partial charge in [0.25, 0.3) is 0 Å². The summed E-state index contributed by atoms with van der Waals surface area (Å²) in [5.74, 6) is 0.153. The highest BCUT2D eigenvalue weighted by molar-refractivity contribution is 7.10. The Balaban J connectivity index is 2.11. The molecule has 0 saturated carbocycles. The van der Waals surface area contributed by atoms with E-state index in [9.17, 15) is 4.79 Å². The number of hydrogen-bond donors (Lipinski definition) is 1. The molecule has 1 aromatic rings. The van der Waals surface area contributed by atoms with E-state index in [-0.39, 0.29) is 24.2 Å². The standard InChI is InChI=1S/C13H20N2O2S/c1-4-17-9(2)8-15-12(11-6-5-7-18-11)14-10(3)13(15)16/h5-7,9-10,12,14H,4,8H2,1-3H3. The van der Waals surface area contributed by atoms with Crippen molar-refractivity contribution < 1.29 is 9.53 Å². The maximum atomic E-state index is 12.2. The monoisotopic (exact) mass is 268 g/mol. The summed E-state index contributed by atoms with van der Waals surface area (Å²) in [6.07, 6.45) is 0.0592. The highest BCUT2D eigenvalue weighted by Gasteiger charge is 2.38. The second-order valence-electron chi connectivity index (χ2n) is 4.56. The molecule has 2 heterocycles. The number of nitrogens with zero attached hydrogens (tertiary/aromatic N) is 1. The Kier molecular flexibility index (Phi) is 4.37. The van der Waals surface area contributed by atoms with Gasteiger partial charge in [-0.05, 0) is 32.2 Å². The van der Waals surface area contributed by atoms with E-state index in [2.05, 4.69) is 11.4 Å². The number of amides is 1. The summed E-state index contributed by atoms with van der Waals surface area (Å²) >= 11 is 1.67. The Morgan fingerprint density at radius 1 is 1.61 bits per heavy atom. The SMILES string of the molecule is CCOC(C)CN1C(=O)C(C)NC1c1cccs1. The summed E-state index contributed by atoms with van der Waals surface area (Å²) in [5, 5.41) is 5.37. The van der Waals surface area contributed by atoms with Crippen LogP contribution >= 0.6 is 11.3 Å². The number of hydrogen-bond acceptors (Lipinski definition) is 4. The zero-order chi connectivity index (χ0) is 13.1. The van der Waals surface area contributed by atoms with Crippen molar-refractivity contribution in [1.82, 2.24) is 10.2 Å². The summed E-state index contributed by atoms with van der Waals surface area (Å²) in [5.41, 5.74) is 0. The topological polar surface area (TPSA) is 41.6 Å². The largest absolute Gasteiger partial charge is 0.377 e. The molecule has 1 aliphatic heterocycles. The third kappa shape index (κ3) is 2.74. The molecule has 3 atom stereocenters. The van der Waals surface area contributed by atoms with Crippen molar-refractivity contribution in [2.24, 2.45) is 0 Å². The first-order chi connectivity index (χ1) is 8.63. The van der Waals surface area contributed by atoms with Crippen molar-refractivity contribution in [1.29, 1.82) is 0 Å². The van der Waals surface area contributed by atoms with Gasteiger partial charge in [-0.25, -0.2) is 0 Å². The third-order valence-electron chi connectivity index (χ3n) is 3.09. The zero-order valence-electron chi connectivity index (χ0n) is 11.1. The summed E-state index contributed by atoms with van der Waals surface area (Å²) < 4.78 is 5.53. The van der Waals surface area contributed by atoms with Crippen LogP contribution in [0.2, 0.25) is 0 Å². The molecule has 1 N–H and O–H groups in total. The lowest BCUT2D eigenvalue weighted by Crippen LogP contribution is -2.37. The summed E-state index contributed by atoms with van der Waals surface area (Å²) in [7, 11) is 0. The van der Waals surface area contributed by atoms with E-state index in [1.165, 1.54) is 4.88 Å². The maximum Gasteiger partial charge on any atom is 0.241 e. The molecule has 1 fully saturated rings. The molecule has 0 spiro atoms. The Labute approximate surface area is 112 Å². The van der Waals surface area contributed by atoms with Crippen LogP contribution in [0.15, 0.2) is 17.5 Å². The van der Waals surface area contributed by atoms with Crippen LogP contribution < -0.4 is 5.32 Å². The van der Waals surface area contributed by atoms with E-state index < -0.39 is 0 Å². The summed E-state index contributed by atoms with van der Waals surface area (Å²) in [6, 6.07) is 3.96. The van der Waals surface area contributed by atoms with E-state index >= 15 is 0 Å². The predicted molar refractivity (Wildman–Crippen MR) is 72.5 cm³/mol. The van der Waals surface area contributed by atoms with Crippen molar-refractivity contribution in [2.45, 2.75) is 39.1 Å². The van der Waals surface area contributed by atoms with Crippen molar-refractivity contribution in [3.63, 3.8) is 0 Å². The van der Waals surface area contributed by atoms with E-state index in [4.69, 9.17) is 4.74 Å². The van der Waals surface area contributed by atoms with E-state index in [0.29, 0.717) is 13.2 Å². The fourth-order valence-electron chi connectivity index (χ4n) is 2.27. The Hall–Kier alpha value is -0.910. The molecule has 0 aliphatic carbocycles. The lowest BCUT2D eigenvalue weighted by molar-refractivity contribution is -0.131. The smallest absolute Gasteiger partial charge is 0.241 e. The fourth-order valence-corrected chi connectivity index (χ4v) is 3.06. The lowest BCUT2D eigenvalue weighted by Gasteiger charge is -2.26. The van der Waals surface area contributed by atoms with Crippen LogP contribution in [0.5, 0.6) is 0 Å². The average molecular weight is 268 g/mol. The first-order valence-corrected chi connectivity index (χ1v) is 7.23. The molecule has 4 nitrogen and oxygen atoms in total. The minimum Gasteiger partial charge on any atom is -0.377 e. The van der Waals surface area contributed by atoms with Crippen molar-refractivity contribution in [3.05, 3.63) is 22.4 Å². The van der Waals surface area contributed by atoms with Gasteiger partial charge in [-0.15, -0.1) is 11.3 Å². The Morgan fingerprint density at radius 3 is 3.00 bits per heavy atom. The highest BCUT2D eigenvalue weighted by Crippen LogP contribution is 2.28. The second kappa shape index (κ2) is 5.82. The van der Waals surface area contributed by atoms with Crippen LogP contribution in [0.1, 0.15) is 31.8 Å². The van der Waals surface area contributed by atoms with Gasteiger partial charge in [0, 0.05) is 18.0 Å². The maximum absolute atomic E-state index is 12.2. The zero-order valence-corrected chi connectivity index (χ0v) is 11.9. The molecule has 1 amide bonds. The van der Waals surface area contributed by atoms with Gasteiger partial charge in [0.15, 0.2) is 0 Å². The number of thiophene rings is 1. The quantitative estimate of drug-likeness (QED) is 0.888. The molecule has 5 heteroatoms.